The largest absolute Gasteiger partial charge is 0.487 e. The molecule has 4 nitrogen and oxygen atoms in total. The van der Waals surface area contributed by atoms with Gasteiger partial charge in [-0.05, 0) is 115 Å². The summed E-state index contributed by atoms with van der Waals surface area (Å²) in [7, 11) is 0. The molecule has 0 atom stereocenters. The second kappa shape index (κ2) is 10.1. The Hall–Kier alpha value is -1.24. The minimum atomic E-state index is -0.466. The molecular weight excluding hydrogens is 752 g/mol. The van der Waals surface area contributed by atoms with E-state index in [0.717, 1.165) is 38.5 Å². The van der Waals surface area contributed by atoms with Crippen molar-refractivity contribution in [1.82, 2.24) is 0 Å². The predicted molar refractivity (Wildman–Crippen MR) is 145 cm³/mol. The van der Waals surface area contributed by atoms with E-state index in [1.165, 1.54) is 0 Å². The molecule has 0 fully saturated rings. The zero-order valence-electron chi connectivity index (χ0n) is 15.7. The average molecular weight is 765 g/mol. The van der Waals surface area contributed by atoms with Crippen LogP contribution in [0.3, 0.4) is 0 Å². The highest BCUT2D eigenvalue weighted by atomic mass is 127. The number of esters is 1. The van der Waals surface area contributed by atoms with Crippen molar-refractivity contribution < 1.29 is 14.3 Å². The molecule has 8 heteroatoms. The summed E-state index contributed by atoms with van der Waals surface area (Å²) >= 11 is 11.4. The zero-order chi connectivity index (χ0) is 22.0. The van der Waals surface area contributed by atoms with Crippen LogP contribution in [0, 0.1) is 7.14 Å². The molecule has 0 N–H and O–H groups in total. The topological polar surface area (TPSA) is 47.9 Å². The van der Waals surface area contributed by atoms with E-state index < -0.39 is 5.97 Å². The maximum absolute atomic E-state index is 12.3. The molecule has 3 aromatic rings. The number of carbonyl (C=O) groups excluding carboxylic acids is 1. The van der Waals surface area contributed by atoms with Crippen molar-refractivity contribution in [2.45, 2.75) is 6.61 Å². The summed E-state index contributed by atoms with van der Waals surface area (Å²) in [6.45, 7) is 0.478. The van der Waals surface area contributed by atoms with Gasteiger partial charge in [-0.2, -0.15) is 0 Å². The lowest BCUT2D eigenvalue weighted by Gasteiger charge is -2.11. The molecule has 1 aliphatic heterocycles. The van der Waals surface area contributed by atoms with Crippen LogP contribution in [0.4, 0.5) is 0 Å². The Morgan fingerprint density at radius 2 is 1.68 bits per heavy atom. The van der Waals surface area contributed by atoms with Crippen molar-refractivity contribution in [1.29, 1.82) is 0 Å². The molecule has 3 aromatic carbocycles. The van der Waals surface area contributed by atoms with Gasteiger partial charge in [0.25, 0.3) is 0 Å². The second-order valence-electron chi connectivity index (χ2n) is 6.54. The molecule has 0 aliphatic carbocycles. The van der Waals surface area contributed by atoms with E-state index in [2.05, 4.69) is 82.0 Å². The van der Waals surface area contributed by atoms with Gasteiger partial charge in [0.15, 0.2) is 5.70 Å². The molecule has 1 aliphatic rings. The van der Waals surface area contributed by atoms with Gasteiger partial charge in [0.05, 0.1) is 12.7 Å². The zero-order valence-corrected chi connectivity index (χ0v) is 23.2. The fourth-order valence-electron chi connectivity index (χ4n) is 2.85. The van der Waals surface area contributed by atoms with E-state index in [9.17, 15) is 4.79 Å². The number of nitrogens with zero attached hydrogens (tertiary/aromatic N) is 1. The Morgan fingerprint density at radius 1 is 1.00 bits per heavy atom. The van der Waals surface area contributed by atoms with Gasteiger partial charge < -0.3 is 9.47 Å². The standard InChI is InChI=1S/C23H13Br2I2NO3/c24-15-7-5-13(6-8-15)12-30-21-18(26)9-14(10-19(21)27)11-20-23(29)31-22(28-20)16-3-1-2-4-17(16)25/h1-11H,12H2/b20-11-. The number of benzene rings is 3. The maximum Gasteiger partial charge on any atom is 0.363 e. The van der Waals surface area contributed by atoms with E-state index in [0.29, 0.717) is 12.5 Å². The normalized spacial score (nSPS) is 14.5. The fraction of sp³-hybridized carbons (Fsp3) is 0.0435. The van der Waals surface area contributed by atoms with Crippen LogP contribution >= 0.6 is 77.0 Å². The lowest BCUT2D eigenvalue weighted by atomic mass is 10.2. The average Bonchev–Trinajstić information content (AvgIpc) is 3.09. The van der Waals surface area contributed by atoms with Gasteiger partial charge in [0, 0.05) is 8.95 Å². The van der Waals surface area contributed by atoms with Gasteiger partial charge in [-0.3, -0.25) is 0 Å². The van der Waals surface area contributed by atoms with E-state index in [1.807, 2.05) is 60.7 Å². The SMILES string of the molecule is O=C1OC(c2ccccc2Br)=N/C1=C\c1cc(I)c(OCc2ccc(Br)cc2)c(I)c1. The molecule has 0 aromatic heterocycles. The number of hydrogen-bond donors (Lipinski definition) is 0. The highest BCUT2D eigenvalue weighted by Gasteiger charge is 2.25. The number of hydrogen-bond acceptors (Lipinski definition) is 4. The summed E-state index contributed by atoms with van der Waals surface area (Å²) in [6, 6.07) is 19.5. The molecule has 4 rings (SSSR count). The number of cyclic esters (lactones) is 1. The third-order valence-corrected chi connectivity index (χ3v) is 7.17. The highest BCUT2D eigenvalue weighted by Crippen LogP contribution is 2.31. The number of carbonyl (C=O) groups is 1. The Labute approximate surface area is 223 Å². The minimum Gasteiger partial charge on any atom is -0.487 e. The Balaban J connectivity index is 1.56. The monoisotopic (exact) mass is 763 g/mol. The molecule has 0 radical (unpaired) electrons. The molecule has 0 bridgehead atoms. The summed E-state index contributed by atoms with van der Waals surface area (Å²) in [5, 5.41) is 0. The van der Waals surface area contributed by atoms with Crippen LogP contribution in [0.2, 0.25) is 0 Å². The van der Waals surface area contributed by atoms with Crippen LogP contribution in [0.25, 0.3) is 6.08 Å². The van der Waals surface area contributed by atoms with Crippen molar-refractivity contribution in [3.8, 4) is 5.75 Å². The molecule has 0 saturated heterocycles. The van der Waals surface area contributed by atoms with Gasteiger partial charge in [-0.15, -0.1) is 0 Å². The first-order valence-corrected chi connectivity index (χ1v) is 12.8. The Morgan fingerprint density at radius 3 is 2.35 bits per heavy atom. The van der Waals surface area contributed by atoms with E-state index >= 15 is 0 Å². The van der Waals surface area contributed by atoms with Crippen molar-refractivity contribution in [3.63, 3.8) is 0 Å². The molecule has 1 heterocycles. The summed E-state index contributed by atoms with van der Waals surface area (Å²) in [5.74, 6) is 0.645. The first-order chi connectivity index (χ1) is 14.9. The van der Waals surface area contributed by atoms with Crippen LogP contribution in [0.5, 0.6) is 5.75 Å². The van der Waals surface area contributed by atoms with Crippen molar-refractivity contribution in [2.75, 3.05) is 0 Å². The summed E-state index contributed by atoms with van der Waals surface area (Å²) < 4.78 is 15.2. The van der Waals surface area contributed by atoms with Crippen LogP contribution in [0.15, 0.2) is 80.3 Å². The molecule has 0 spiro atoms. The number of aliphatic imine (C=N–C) groups is 1. The number of ether oxygens (including phenoxy) is 2. The second-order valence-corrected chi connectivity index (χ2v) is 10.6. The van der Waals surface area contributed by atoms with E-state index in [-0.39, 0.29) is 5.70 Å². The third-order valence-electron chi connectivity index (χ3n) is 4.35. The van der Waals surface area contributed by atoms with Crippen LogP contribution in [0.1, 0.15) is 16.7 Å². The molecule has 156 valence electrons. The predicted octanol–water partition coefficient (Wildman–Crippen LogP) is 7.34. The van der Waals surface area contributed by atoms with E-state index in [4.69, 9.17) is 9.47 Å². The lowest BCUT2D eigenvalue weighted by Crippen LogP contribution is -2.05. The van der Waals surface area contributed by atoms with Crippen molar-refractivity contribution in [3.05, 3.63) is 99.1 Å². The van der Waals surface area contributed by atoms with Gasteiger partial charge in [-0.25, -0.2) is 9.79 Å². The van der Waals surface area contributed by atoms with Crippen molar-refractivity contribution >= 4 is 95.0 Å². The Bertz CT molecular complexity index is 1200. The molecular formula is C23H13Br2I2NO3. The van der Waals surface area contributed by atoms with E-state index in [1.54, 1.807) is 6.08 Å². The van der Waals surface area contributed by atoms with Gasteiger partial charge in [-0.1, -0.05) is 40.2 Å². The Kier molecular flexibility index (Phi) is 7.50. The van der Waals surface area contributed by atoms with Crippen molar-refractivity contribution in [2.24, 2.45) is 4.99 Å². The lowest BCUT2D eigenvalue weighted by molar-refractivity contribution is -0.129. The van der Waals surface area contributed by atoms with Crippen LogP contribution in [-0.2, 0) is 16.1 Å². The van der Waals surface area contributed by atoms with Gasteiger partial charge in [0.1, 0.15) is 12.4 Å². The minimum absolute atomic E-state index is 0.265. The van der Waals surface area contributed by atoms with Crippen LogP contribution < -0.4 is 4.74 Å². The first kappa shape index (κ1) is 22.9. The third kappa shape index (κ3) is 5.58. The van der Waals surface area contributed by atoms with Gasteiger partial charge in [0.2, 0.25) is 5.90 Å². The smallest absolute Gasteiger partial charge is 0.363 e. The van der Waals surface area contributed by atoms with Gasteiger partial charge >= 0.3 is 5.97 Å². The molecule has 0 saturated carbocycles. The molecule has 31 heavy (non-hydrogen) atoms. The number of rotatable bonds is 5. The summed E-state index contributed by atoms with van der Waals surface area (Å²) in [6.07, 6.45) is 1.73. The molecule has 0 amide bonds. The van der Waals surface area contributed by atoms with Crippen LogP contribution in [-0.4, -0.2) is 11.9 Å². The fourth-order valence-corrected chi connectivity index (χ4v) is 5.70. The highest BCUT2D eigenvalue weighted by molar-refractivity contribution is 14.1. The summed E-state index contributed by atoms with van der Waals surface area (Å²) in [5.41, 5.74) is 2.94. The molecule has 0 unspecified atom stereocenters. The first-order valence-electron chi connectivity index (χ1n) is 9.04. The number of halogens is 4. The maximum atomic E-state index is 12.3. The summed E-state index contributed by atoms with van der Waals surface area (Å²) in [4.78, 5) is 16.7. The quantitative estimate of drug-likeness (QED) is 0.155.